The molecule has 86 valence electrons. The molecule has 1 N–H and O–H groups in total. The fourth-order valence-corrected chi connectivity index (χ4v) is 3.18. The van der Waals surface area contributed by atoms with Gasteiger partial charge < -0.3 is 5.11 Å². The number of aliphatic hydroxyl groups is 1. The van der Waals surface area contributed by atoms with Crippen LogP contribution in [0.2, 0.25) is 5.02 Å². The molecule has 0 aliphatic carbocycles. The molecule has 1 aromatic heterocycles. The first kappa shape index (κ1) is 13.0. The molecule has 0 spiro atoms. The lowest BCUT2D eigenvalue weighted by Gasteiger charge is -2.21. The maximum Gasteiger partial charge on any atom is 0.0924 e. The van der Waals surface area contributed by atoms with E-state index in [2.05, 4.69) is 13.8 Å². The Kier molecular flexibility index (Phi) is 5.65. The van der Waals surface area contributed by atoms with Gasteiger partial charge in [0.2, 0.25) is 0 Å². The van der Waals surface area contributed by atoms with Crippen molar-refractivity contribution in [1.29, 1.82) is 0 Å². The quantitative estimate of drug-likeness (QED) is 0.775. The van der Waals surface area contributed by atoms with Crippen molar-refractivity contribution in [2.75, 3.05) is 0 Å². The minimum absolute atomic E-state index is 0.358. The van der Waals surface area contributed by atoms with Gasteiger partial charge in [0.25, 0.3) is 0 Å². The van der Waals surface area contributed by atoms with Gasteiger partial charge in [-0.3, -0.25) is 0 Å². The Labute approximate surface area is 101 Å². The Bertz CT molecular complexity index is 279. The first-order chi connectivity index (χ1) is 7.20. The van der Waals surface area contributed by atoms with E-state index in [-0.39, 0.29) is 6.10 Å². The van der Waals surface area contributed by atoms with Crippen LogP contribution in [-0.4, -0.2) is 5.11 Å². The van der Waals surface area contributed by atoms with Gasteiger partial charge in [0.05, 0.1) is 16.0 Å². The maximum atomic E-state index is 10.2. The molecule has 1 atom stereocenters. The van der Waals surface area contributed by atoms with E-state index in [1.54, 1.807) is 11.3 Å². The van der Waals surface area contributed by atoms with E-state index in [1.807, 2.05) is 11.4 Å². The largest absolute Gasteiger partial charge is 0.387 e. The second-order valence-electron chi connectivity index (χ2n) is 3.92. The molecule has 1 nitrogen and oxygen atoms in total. The van der Waals surface area contributed by atoms with Crippen LogP contribution >= 0.6 is 22.9 Å². The monoisotopic (exact) mass is 246 g/mol. The molecule has 1 aromatic rings. The zero-order chi connectivity index (χ0) is 11.3. The van der Waals surface area contributed by atoms with Crippen molar-refractivity contribution in [2.45, 2.75) is 45.6 Å². The van der Waals surface area contributed by atoms with E-state index in [9.17, 15) is 5.11 Å². The molecule has 15 heavy (non-hydrogen) atoms. The standard InChI is InChI=1S/C12H19ClOS/c1-3-5-9(6-4-2)11(14)12-10(13)7-8-15-12/h7-9,11,14H,3-6H2,1-2H3. The van der Waals surface area contributed by atoms with Crippen molar-refractivity contribution in [3.8, 4) is 0 Å². The lowest BCUT2D eigenvalue weighted by atomic mass is 9.91. The molecule has 0 aromatic carbocycles. The number of rotatable bonds is 6. The number of hydrogen-bond donors (Lipinski definition) is 1. The molecule has 1 heterocycles. The van der Waals surface area contributed by atoms with Crippen molar-refractivity contribution >= 4 is 22.9 Å². The van der Waals surface area contributed by atoms with Crippen LogP contribution in [0.4, 0.5) is 0 Å². The normalized spacial score (nSPS) is 13.4. The lowest BCUT2D eigenvalue weighted by molar-refractivity contribution is 0.0998. The van der Waals surface area contributed by atoms with Crippen molar-refractivity contribution < 1.29 is 5.11 Å². The van der Waals surface area contributed by atoms with Gasteiger partial charge in [0.1, 0.15) is 0 Å². The van der Waals surface area contributed by atoms with Crippen LogP contribution < -0.4 is 0 Å². The highest BCUT2D eigenvalue weighted by molar-refractivity contribution is 7.10. The van der Waals surface area contributed by atoms with Crippen LogP contribution in [0.3, 0.4) is 0 Å². The van der Waals surface area contributed by atoms with E-state index in [4.69, 9.17) is 11.6 Å². The predicted octanol–water partition coefficient (Wildman–Crippen LogP) is 4.65. The van der Waals surface area contributed by atoms with Crippen LogP contribution in [-0.2, 0) is 0 Å². The number of thiophene rings is 1. The van der Waals surface area contributed by atoms with Crippen molar-refractivity contribution in [1.82, 2.24) is 0 Å². The van der Waals surface area contributed by atoms with E-state index < -0.39 is 0 Å². The summed E-state index contributed by atoms with van der Waals surface area (Å²) in [5.74, 6) is 0.358. The first-order valence-electron chi connectivity index (χ1n) is 5.61. The van der Waals surface area contributed by atoms with E-state index in [0.29, 0.717) is 10.9 Å². The molecule has 1 unspecified atom stereocenters. The third-order valence-electron chi connectivity index (χ3n) is 2.68. The van der Waals surface area contributed by atoms with Crippen LogP contribution in [0.15, 0.2) is 11.4 Å². The Balaban J connectivity index is 2.71. The molecule has 0 fully saturated rings. The van der Waals surface area contributed by atoms with Gasteiger partial charge in [-0.15, -0.1) is 11.3 Å². The molecule has 0 aliphatic rings. The summed E-state index contributed by atoms with van der Waals surface area (Å²) in [6, 6.07) is 1.86. The second-order valence-corrected chi connectivity index (χ2v) is 5.27. The smallest absolute Gasteiger partial charge is 0.0924 e. The molecule has 3 heteroatoms. The highest BCUT2D eigenvalue weighted by Gasteiger charge is 2.22. The third-order valence-corrected chi connectivity index (χ3v) is 4.11. The Morgan fingerprint density at radius 1 is 1.33 bits per heavy atom. The molecule has 0 aliphatic heterocycles. The van der Waals surface area contributed by atoms with Crippen LogP contribution in [0, 0.1) is 5.92 Å². The number of hydrogen-bond acceptors (Lipinski definition) is 2. The van der Waals surface area contributed by atoms with Crippen LogP contribution in [0.25, 0.3) is 0 Å². The van der Waals surface area contributed by atoms with Gasteiger partial charge in [-0.25, -0.2) is 0 Å². The highest BCUT2D eigenvalue weighted by atomic mass is 35.5. The summed E-state index contributed by atoms with van der Waals surface area (Å²) in [5.41, 5.74) is 0. The number of halogens is 1. The van der Waals surface area contributed by atoms with Crippen molar-refractivity contribution in [3.05, 3.63) is 21.3 Å². The second kappa shape index (κ2) is 6.51. The molecular weight excluding hydrogens is 228 g/mol. The summed E-state index contributed by atoms with van der Waals surface area (Å²) < 4.78 is 0. The molecule has 0 saturated carbocycles. The average Bonchev–Trinajstić information content (AvgIpc) is 2.63. The molecule has 1 rings (SSSR count). The average molecular weight is 247 g/mol. The zero-order valence-corrected chi connectivity index (χ0v) is 10.9. The maximum absolute atomic E-state index is 10.2. The van der Waals surface area contributed by atoms with E-state index in [1.165, 1.54) is 0 Å². The fourth-order valence-electron chi connectivity index (χ4n) is 1.93. The third kappa shape index (κ3) is 3.47. The van der Waals surface area contributed by atoms with E-state index >= 15 is 0 Å². The summed E-state index contributed by atoms with van der Waals surface area (Å²) >= 11 is 7.59. The zero-order valence-electron chi connectivity index (χ0n) is 9.37. The van der Waals surface area contributed by atoms with Crippen molar-refractivity contribution in [2.24, 2.45) is 5.92 Å². The summed E-state index contributed by atoms with van der Waals surface area (Å²) in [6.45, 7) is 4.32. The van der Waals surface area contributed by atoms with Gasteiger partial charge in [-0.05, 0) is 30.2 Å². The summed E-state index contributed by atoms with van der Waals surface area (Å²) in [6.07, 6.45) is 4.00. The van der Waals surface area contributed by atoms with Gasteiger partial charge in [-0.1, -0.05) is 38.3 Å². The van der Waals surface area contributed by atoms with Gasteiger partial charge in [-0.2, -0.15) is 0 Å². The Morgan fingerprint density at radius 3 is 2.33 bits per heavy atom. The number of aliphatic hydroxyl groups excluding tert-OH is 1. The summed E-state index contributed by atoms with van der Waals surface area (Å²) in [7, 11) is 0. The van der Waals surface area contributed by atoms with Crippen LogP contribution in [0.1, 0.15) is 50.5 Å². The summed E-state index contributed by atoms with van der Waals surface area (Å²) in [5, 5.41) is 12.9. The van der Waals surface area contributed by atoms with E-state index in [0.717, 1.165) is 30.6 Å². The minimum atomic E-state index is -0.377. The topological polar surface area (TPSA) is 20.2 Å². The molecular formula is C12H19ClOS. The molecule has 0 saturated heterocycles. The SMILES string of the molecule is CCCC(CCC)C(O)c1sccc1Cl. The van der Waals surface area contributed by atoms with Gasteiger partial charge in [0, 0.05) is 0 Å². The summed E-state index contributed by atoms with van der Waals surface area (Å²) in [4.78, 5) is 0.934. The van der Waals surface area contributed by atoms with Gasteiger partial charge in [0.15, 0.2) is 0 Å². The van der Waals surface area contributed by atoms with Crippen molar-refractivity contribution in [3.63, 3.8) is 0 Å². The fraction of sp³-hybridized carbons (Fsp3) is 0.667. The Hall–Kier alpha value is -0.0500. The van der Waals surface area contributed by atoms with Gasteiger partial charge >= 0.3 is 0 Å². The molecule has 0 bridgehead atoms. The predicted molar refractivity (Wildman–Crippen MR) is 67.6 cm³/mol. The van der Waals surface area contributed by atoms with Crippen LogP contribution in [0.5, 0.6) is 0 Å². The lowest BCUT2D eigenvalue weighted by Crippen LogP contribution is -2.11. The molecule has 0 radical (unpaired) electrons. The first-order valence-corrected chi connectivity index (χ1v) is 6.87. The minimum Gasteiger partial charge on any atom is -0.387 e. The Morgan fingerprint density at radius 2 is 1.93 bits per heavy atom. The molecule has 0 amide bonds. The highest BCUT2D eigenvalue weighted by Crippen LogP contribution is 2.36.